The van der Waals surface area contributed by atoms with Gasteiger partial charge >= 0.3 is 0 Å². The van der Waals surface area contributed by atoms with E-state index in [1.807, 2.05) is 18.2 Å². The second-order valence-corrected chi connectivity index (χ2v) is 6.57. The maximum absolute atomic E-state index is 12.0. The molecular formula is C17H27Cl2N3O3. The predicted molar refractivity (Wildman–Crippen MR) is 102 cm³/mol. The number of nitrogens with one attached hydrogen (secondary N) is 1. The molecule has 1 atom stereocenters. The van der Waals surface area contributed by atoms with Crippen molar-refractivity contribution in [2.24, 2.45) is 5.73 Å². The molecule has 1 aromatic rings. The fourth-order valence-electron chi connectivity index (χ4n) is 3.00. The summed E-state index contributed by atoms with van der Waals surface area (Å²) in [6.45, 7) is 2.62. The molecule has 0 spiro atoms. The summed E-state index contributed by atoms with van der Waals surface area (Å²) < 4.78 is 10.6. The highest BCUT2D eigenvalue weighted by molar-refractivity contribution is 5.89. The Kier molecular flexibility index (Phi) is 7.81. The molecule has 1 aliphatic heterocycles. The third-order valence-electron chi connectivity index (χ3n) is 4.67. The number of nitrogens with zero attached hydrogens (tertiary/aromatic N) is 1. The van der Waals surface area contributed by atoms with Gasteiger partial charge in [-0.25, -0.2) is 0 Å². The van der Waals surface area contributed by atoms with E-state index in [0.717, 1.165) is 56.0 Å². The molecule has 1 unspecified atom stereocenters. The minimum absolute atomic E-state index is 0. The first-order valence-corrected chi connectivity index (χ1v) is 8.06. The van der Waals surface area contributed by atoms with Crippen LogP contribution in [0, 0.1) is 0 Å². The number of hydrogen-bond acceptors (Lipinski definition) is 5. The Morgan fingerprint density at radius 2 is 1.84 bits per heavy atom. The number of hydrogen-bond donors (Lipinski definition) is 2. The summed E-state index contributed by atoms with van der Waals surface area (Å²) in [6.07, 6.45) is 2.57. The normalized spacial score (nSPS) is 20.8. The molecule has 3 rings (SSSR count). The molecule has 2 aliphatic rings. The van der Waals surface area contributed by atoms with E-state index in [4.69, 9.17) is 15.2 Å². The average Bonchev–Trinajstić information content (AvgIpc) is 3.16. The molecule has 1 amide bonds. The second kappa shape index (κ2) is 8.94. The van der Waals surface area contributed by atoms with Crippen molar-refractivity contribution in [3.8, 4) is 11.5 Å². The van der Waals surface area contributed by atoms with Crippen LogP contribution in [0.4, 0.5) is 0 Å². The van der Waals surface area contributed by atoms with Gasteiger partial charge in [-0.05, 0) is 37.0 Å². The number of ether oxygens (including phenoxy) is 2. The molecule has 142 valence electrons. The lowest BCUT2D eigenvalue weighted by Crippen LogP contribution is -2.47. The van der Waals surface area contributed by atoms with Gasteiger partial charge in [0.1, 0.15) is 11.5 Å². The molecule has 6 nitrogen and oxygen atoms in total. The van der Waals surface area contributed by atoms with Gasteiger partial charge in [0.15, 0.2) is 0 Å². The van der Waals surface area contributed by atoms with Crippen molar-refractivity contribution in [1.82, 2.24) is 10.2 Å². The third kappa shape index (κ3) is 5.38. The van der Waals surface area contributed by atoms with Crippen LogP contribution in [0.1, 0.15) is 24.8 Å². The van der Waals surface area contributed by atoms with E-state index in [-0.39, 0.29) is 36.8 Å². The first kappa shape index (κ1) is 21.8. The van der Waals surface area contributed by atoms with E-state index in [2.05, 4.69) is 10.2 Å². The molecular weight excluding hydrogens is 365 g/mol. The smallest absolute Gasteiger partial charge is 0.240 e. The van der Waals surface area contributed by atoms with E-state index < -0.39 is 5.54 Å². The first-order valence-electron chi connectivity index (χ1n) is 8.06. The summed E-state index contributed by atoms with van der Waals surface area (Å²) in [5.41, 5.74) is 6.49. The Balaban J connectivity index is 0.00000156. The van der Waals surface area contributed by atoms with Crippen LogP contribution in [-0.4, -0.2) is 49.7 Å². The summed E-state index contributed by atoms with van der Waals surface area (Å²) in [7, 11) is 3.31. The van der Waals surface area contributed by atoms with Gasteiger partial charge in [-0.3, -0.25) is 9.69 Å². The largest absolute Gasteiger partial charge is 0.497 e. The van der Waals surface area contributed by atoms with Crippen LogP contribution in [0.5, 0.6) is 11.5 Å². The van der Waals surface area contributed by atoms with Crippen LogP contribution >= 0.6 is 24.8 Å². The standard InChI is InChI=1S/C17H25N3O3.2ClH/c1-22-14-7-12(8-15(9-14)23-2)10-20-6-3-13(11-20)19-16(21)17(18)4-5-17;;/h7-9,13H,3-6,10-11,18H2,1-2H3,(H,19,21);2*1H. The van der Waals surface area contributed by atoms with E-state index in [9.17, 15) is 4.79 Å². The van der Waals surface area contributed by atoms with Crippen molar-refractivity contribution < 1.29 is 14.3 Å². The number of benzene rings is 1. The van der Waals surface area contributed by atoms with Crippen LogP contribution in [0.3, 0.4) is 0 Å². The molecule has 0 radical (unpaired) electrons. The molecule has 0 bridgehead atoms. The highest BCUT2D eigenvalue weighted by atomic mass is 35.5. The Bertz CT molecular complexity index is 574. The van der Waals surface area contributed by atoms with Gasteiger partial charge in [-0.2, -0.15) is 0 Å². The van der Waals surface area contributed by atoms with Gasteiger partial charge in [0.2, 0.25) is 5.91 Å². The van der Waals surface area contributed by atoms with E-state index in [1.165, 1.54) is 0 Å². The summed E-state index contributed by atoms with van der Waals surface area (Å²) >= 11 is 0. The van der Waals surface area contributed by atoms with Gasteiger partial charge in [0, 0.05) is 31.7 Å². The van der Waals surface area contributed by atoms with E-state index in [0.29, 0.717) is 0 Å². The van der Waals surface area contributed by atoms with Crippen molar-refractivity contribution in [3.63, 3.8) is 0 Å². The number of halogens is 2. The fraction of sp³-hybridized carbons (Fsp3) is 0.588. The number of methoxy groups -OCH3 is 2. The number of rotatable bonds is 6. The number of carbonyl (C=O) groups excluding carboxylic acids is 1. The lowest BCUT2D eigenvalue weighted by Gasteiger charge is -2.19. The lowest BCUT2D eigenvalue weighted by molar-refractivity contribution is -0.123. The van der Waals surface area contributed by atoms with Gasteiger partial charge in [-0.1, -0.05) is 0 Å². The molecule has 25 heavy (non-hydrogen) atoms. The lowest BCUT2D eigenvalue weighted by atomic mass is 10.2. The molecule has 3 N–H and O–H groups in total. The maximum atomic E-state index is 12.0. The molecule has 1 heterocycles. The number of likely N-dealkylation sites (tertiary alicyclic amines) is 1. The van der Waals surface area contributed by atoms with Crippen molar-refractivity contribution in [3.05, 3.63) is 23.8 Å². The number of amides is 1. The zero-order valence-corrected chi connectivity index (χ0v) is 16.3. The Morgan fingerprint density at radius 1 is 1.24 bits per heavy atom. The van der Waals surface area contributed by atoms with E-state index >= 15 is 0 Å². The molecule has 2 fully saturated rings. The molecule has 1 aliphatic carbocycles. The van der Waals surface area contributed by atoms with E-state index in [1.54, 1.807) is 14.2 Å². The maximum Gasteiger partial charge on any atom is 0.240 e. The van der Waals surface area contributed by atoms with Crippen LogP contribution in [0.15, 0.2) is 18.2 Å². The number of nitrogens with two attached hydrogens (primary N) is 1. The SMILES string of the molecule is COc1cc(CN2CCC(NC(=O)C3(N)CC3)C2)cc(OC)c1.Cl.Cl. The van der Waals surface area contributed by atoms with Crippen LogP contribution in [0.25, 0.3) is 0 Å². The van der Waals surface area contributed by atoms with Gasteiger partial charge < -0.3 is 20.5 Å². The molecule has 1 aromatic carbocycles. The Morgan fingerprint density at radius 3 is 2.36 bits per heavy atom. The highest BCUT2D eigenvalue weighted by Crippen LogP contribution is 2.32. The zero-order valence-electron chi connectivity index (χ0n) is 14.6. The van der Waals surface area contributed by atoms with Crippen molar-refractivity contribution >= 4 is 30.7 Å². The van der Waals surface area contributed by atoms with Crippen LogP contribution in [-0.2, 0) is 11.3 Å². The summed E-state index contributed by atoms with van der Waals surface area (Å²) in [6, 6.07) is 6.10. The van der Waals surface area contributed by atoms with Crippen LogP contribution < -0.4 is 20.5 Å². The first-order chi connectivity index (χ1) is 11.0. The second-order valence-electron chi connectivity index (χ2n) is 6.57. The summed E-state index contributed by atoms with van der Waals surface area (Å²) in [4.78, 5) is 14.4. The van der Waals surface area contributed by atoms with Gasteiger partial charge in [0.05, 0.1) is 19.8 Å². The molecule has 0 aromatic heterocycles. The Labute approximate surface area is 161 Å². The topological polar surface area (TPSA) is 76.8 Å². The zero-order chi connectivity index (χ0) is 16.4. The van der Waals surface area contributed by atoms with Crippen molar-refractivity contribution in [2.75, 3.05) is 27.3 Å². The monoisotopic (exact) mass is 391 g/mol. The molecule has 1 saturated carbocycles. The predicted octanol–water partition coefficient (Wildman–Crippen LogP) is 1.73. The van der Waals surface area contributed by atoms with Gasteiger partial charge in [-0.15, -0.1) is 24.8 Å². The average molecular weight is 392 g/mol. The quantitative estimate of drug-likeness (QED) is 0.771. The third-order valence-corrected chi connectivity index (χ3v) is 4.67. The minimum Gasteiger partial charge on any atom is -0.497 e. The molecule has 1 saturated heterocycles. The van der Waals surface area contributed by atoms with Crippen molar-refractivity contribution in [2.45, 2.75) is 37.4 Å². The van der Waals surface area contributed by atoms with Crippen LogP contribution in [0.2, 0.25) is 0 Å². The van der Waals surface area contributed by atoms with Gasteiger partial charge in [0.25, 0.3) is 0 Å². The highest BCUT2D eigenvalue weighted by Gasteiger charge is 2.46. The fourth-order valence-corrected chi connectivity index (χ4v) is 3.00. The van der Waals surface area contributed by atoms with Crippen molar-refractivity contribution in [1.29, 1.82) is 0 Å². The number of carbonyl (C=O) groups is 1. The summed E-state index contributed by atoms with van der Waals surface area (Å²) in [5, 5.41) is 3.09. The summed E-state index contributed by atoms with van der Waals surface area (Å²) in [5.74, 6) is 1.59. The molecule has 8 heteroatoms. The minimum atomic E-state index is -0.590. The Hall–Kier alpha value is -1.21.